The fourth-order valence-electron chi connectivity index (χ4n) is 2.74. The van der Waals surface area contributed by atoms with Gasteiger partial charge in [0, 0.05) is 12.2 Å². The summed E-state index contributed by atoms with van der Waals surface area (Å²) in [5.41, 5.74) is 3.38. The molecule has 3 heterocycles. The van der Waals surface area contributed by atoms with Crippen molar-refractivity contribution >= 4 is 16.9 Å². The minimum absolute atomic E-state index is 0.689. The van der Waals surface area contributed by atoms with Crippen molar-refractivity contribution in [1.29, 1.82) is 0 Å². The SMILES string of the molecule is CCCCNc1ncnc2c1c(C)c(C)n2Cc1ccco1. The van der Waals surface area contributed by atoms with Gasteiger partial charge in [-0.05, 0) is 38.0 Å². The van der Waals surface area contributed by atoms with Crippen LogP contribution in [0.5, 0.6) is 0 Å². The van der Waals surface area contributed by atoms with Crippen LogP contribution in [-0.2, 0) is 6.54 Å². The number of furan rings is 1. The van der Waals surface area contributed by atoms with Crippen LogP contribution in [0.4, 0.5) is 5.82 Å². The Labute approximate surface area is 130 Å². The van der Waals surface area contributed by atoms with Gasteiger partial charge in [-0.25, -0.2) is 9.97 Å². The Morgan fingerprint density at radius 3 is 2.86 bits per heavy atom. The number of nitrogens with zero attached hydrogens (tertiary/aromatic N) is 3. The molecule has 0 aliphatic carbocycles. The van der Waals surface area contributed by atoms with Crippen molar-refractivity contribution in [2.75, 3.05) is 11.9 Å². The third-order valence-electron chi connectivity index (χ3n) is 4.12. The van der Waals surface area contributed by atoms with Gasteiger partial charge in [0.25, 0.3) is 0 Å². The van der Waals surface area contributed by atoms with E-state index in [1.54, 1.807) is 12.6 Å². The molecular weight excluding hydrogens is 276 g/mol. The molecule has 0 spiro atoms. The van der Waals surface area contributed by atoms with E-state index in [-0.39, 0.29) is 0 Å². The third kappa shape index (κ3) is 2.58. The third-order valence-corrected chi connectivity index (χ3v) is 4.12. The van der Waals surface area contributed by atoms with E-state index in [0.717, 1.165) is 35.6 Å². The number of aryl methyl sites for hydroxylation is 1. The van der Waals surface area contributed by atoms with Crippen molar-refractivity contribution in [1.82, 2.24) is 14.5 Å². The lowest BCUT2D eigenvalue weighted by Gasteiger charge is -2.07. The number of fused-ring (bicyclic) bond motifs is 1. The smallest absolute Gasteiger partial charge is 0.146 e. The van der Waals surface area contributed by atoms with Gasteiger partial charge >= 0.3 is 0 Å². The zero-order valence-corrected chi connectivity index (χ0v) is 13.4. The Kier molecular flexibility index (Phi) is 4.13. The molecule has 0 atom stereocenters. The van der Waals surface area contributed by atoms with Gasteiger partial charge < -0.3 is 14.3 Å². The van der Waals surface area contributed by atoms with Gasteiger partial charge in [0.05, 0.1) is 18.2 Å². The minimum atomic E-state index is 0.689. The maximum atomic E-state index is 5.48. The molecule has 0 aliphatic rings. The number of rotatable bonds is 6. The average Bonchev–Trinajstić information content (AvgIpc) is 3.11. The summed E-state index contributed by atoms with van der Waals surface area (Å²) in [5, 5.41) is 4.55. The molecule has 3 rings (SSSR count). The summed E-state index contributed by atoms with van der Waals surface area (Å²) in [7, 11) is 0. The fourth-order valence-corrected chi connectivity index (χ4v) is 2.74. The highest BCUT2D eigenvalue weighted by molar-refractivity contribution is 5.91. The first-order valence-electron chi connectivity index (χ1n) is 7.79. The first-order valence-corrected chi connectivity index (χ1v) is 7.79. The first kappa shape index (κ1) is 14.6. The predicted molar refractivity (Wildman–Crippen MR) is 88.2 cm³/mol. The fraction of sp³-hybridized carbons (Fsp3) is 0.412. The molecule has 22 heavy (non-hydrogen) atoms. The van der Waals surface area contributed by atoms with E-state index in [1.165, 1.54) is 17.7 Å². The van der Waals surface area contributed by atoms with Gasteiger partial charge in [-0.2, -0.15) is 0 Å². The highest BCUT2D eigenvalue weighted by Gasteiger charge is 2.16. The topological polar surface area (TPSA) is 55.9 Å². The number of unbranched alkanes of at least 4 members (excludes halogenated alkanes) is 1. The number of hydrogen-bond donors (Lipinski definition) is 1. The molecular formula is C17H22N4O. The summed E-state index contributed by atoms with van der Waals surface area (Å²) < 4.78 is 7.67. The van der Waals surface area contributed by atoms with Crippen LogP contribution < -0.4 is 5.32 Å². The second kappa shape index (κ2) is 6.22. The predicted octanol–water partition coefficient (Wildman–Crippen LogP) is 3.90. The molecule has 1 N–H and O–H groups in total. The molecule has 3 aromatic rings. The summed E-state index contributed by atoms with van der Waals surface area (Å²) in [6.45, 7) is 8.06. The molecule has 5 heteroatoms. The number of anilines is 1. The number of aromatic nitrogens is 3. The van der Waals surface area contributed by atoms with Crippen molar-refractivity contribution in [3.8, 4) is 0 Å². The zero-order valence-electron chi connectivity index (χ0n) is 13.4. The molecule has 0 fully saturated rings. The highest BCUT2D eigenvalue weighted by Crippen LogP contribution is 2.29. The lowest BCUT2D eigenvalue weighted by molar-refractivity contribution is 0.494. The van der Waals surface area contributed by atoms with Crippen molar-refractivity contribution in [2.45, 2.75) is 40.2 Å². The second-order valence-corrected chi connectivity index (χ2v) is 5.58. The van der Waals surface area contributed by atoms with E-state index < -0.39 is 0 Å². The Morgan fingerprint density at radius 2 is 2.14 bits per heavy atom. The van der Waals surface area contributed by atoms with E-state index in [4.69, 9.17) is 4.42 Å². The zero-order chi connectivity index (χ0) is 15.5. The van der Waals surface area contributed by atoms with Gasteiger partial charge in [0.2, 0.25) is 0 Å². The summed E-state index contributed by atoms with van der Waals surface area (Å²) in [5.74, 6) is 1.86. The summed E-state index contributed by atoms with van der Waals surface area (Å²) >= 11 is 0. The first-order chi connectivity index (χ1) is 10.7. The minimum Gasteiger partial charge on any atom is -0.467 e. The average molecular weight is 298 g/mol. The van der Waals surface area contributed by atoms with Crippen LogP contribution in [0.1, 0.15) is 36.8 Å². The molecule has 0 aromatic carbocycles. The number of nitrogens with one attached hydrogen (secondary N) is 1. The molecule has 0 saturated heterocycles. The van der Waals surface area contributed by atoms with E-state index in [9.17, 15) is 0 Å². The van der Waals surface area contributed by atoms with E-state index in [2.05, 4.69) is 40.6 Å². The Balaban J connectivity index is 2.03. The van der Waals surface area contributed by atoms with Crippen LogP contribution in [0.2, 0.25) is 0 Å². The summed E-state index contributed by atoms with van der Waals surface area (Å²) in [6, 6.07) is 3.90. The monoisotopic (exact) mass is 298 g/mol. The normalized spacial score (nSPS) is 11.2. The molecule has 0 amide bonds. The maximum Gasteiger partial charge on any atom is 0.146 e. The van der Waals surface area contributed by atoms with Crippen molar-refractivity contribution in [2.24, 2.45) is 0 Å². The molecule has 0 bridgehead atoms. The molecule has 0 radical (unpaired) electrons. The molecule has 0 saturated carbocycles. The molecule has 0 unspecified atom stereocenters. The molecule has 3 aromatic heterocycles. The van der Waals surface area contributed by atoms with Gasteiger partial charge in [0.15, 0.2) is 0 Å². The highest BCUT2D eigenvalue weighted by atomic mass is 16.3. The summed E-state index contributed by atoms with van der Waals surface area (Å²) in [4.78, 5) is 8.93. The largest absolute Gasteiger partial charge is 0.467 e. The lowest BCUT2D eigenvalue weighted by Crippen LogP contribution is -2.05. The lowest BCUT2D eigenvalue weighted by atomic mass is 10.2. The van der Waals surface area contributed by atoms with E-state index in [1.807, 2.05) is 12.1 Å². The Bertz CT molecular complexity index is 759. The van der Waals surface area contributed by atoms with Crippen LogP contribution in [0.25, 0.3) is 11.0 Å². The quantitative estimate of drug-likeness (QED) is 0.701. The number of hydrogen-bond acceptors (Lipinski definition) is 4. The van der Waals surface area contributed by atoms with E-state index >= 15 is 0 Å². The van der Waals surface area contributed by atoms with Gasteiger partial charge in [-0.15, -0.1) is 0 Å². The standard InChI is InChI=1S/C17H22N4O/c1-4-5-8-18-16-15-12(2)13(3)21(17(15)20-11-19-16)10-14-7-6-9-22-14/h6-7,9,11H,4-5,8,10H2,1-3H3,(H,18,19,20). The second-order valence-electron chi connectivity index (χ2n) is 5.58. The van der Waals surface area contributed by atoms with E-state index in [0.29, 0.717) is 6.54 Å². The molecule has 0 aliphatic heterocycles. The van der Waals surface area contributed by atoms with Crippen molar-refractivity contribution in [3.05, 3.63) is 41.7 Å². The van der Waals surface area contributed by atoms with Crippen LogP contribution in [0.15, 0.2) is 29.1 Å². The van der Waals surface area contributed by atoms with Gasteiger partial charge in [-0.3, -0.25) is 0 Å². The van der Waals surface area contributed by atoms with Gasteiger partial charge in [0.1, 0.15) is 23.6 Å². The van der Waals surface area contributed by atoms with Crippen molar-refractivity contribution in [3.63, 3.8) is 0 Å². The molecule has 5 nitrogen and oxygen atoms in total. The van der Waals surface area contributed by atoms with Crippen LogP contribution in [0, 0.1) is 13.8 Å². The Hall–Kier alpha value is -2.30. The maximum absolute atomic E-state index is 5.48. The van der Waals surface area contributed by atoms with Crippen molar-refractivity contribution < 1.29 is 4.42 Å². The van der Waals surface area contributed by atoms with Crippen LogP contribution >= 0.6 is 0 Å². The molecule has 116 valence electrons. The van der Waals surface area contributed by atoms with Crippen LogP contribution in [-0.4, -0.2) is 21.1 Å². The van der Waals surface area contributed by atoms with Crippen LogP contribution in [0.3, 0.4) is 0 Å². The Morgan fingerprint density at radius 1 is 1.27 bits per heavy atom. The summed E-state index contributed by atoms with van der Waals surface area (Å²) in [6.07, 6.45) is 5.64. The van der Waals surface area contributed by atoms with Gasteiger partial charge in [-0.1, -0.05) is 13.3 Å².